The molecule has 3 aromatic carbocycles. The number of amides is 1. The molecule has 0 radical (unpaired) electrons. The summed E-state index contributed by atoms with van der Waals surface area (Å²) >= 11 is 0. The number of aromatic nitrogens is 1. The molecular formula is C32H34N2O3. The lowest BCUT2D eigenvalue weighted by molar-refractivity contribution is 0.0682. The molecule has 37 heavy (non-hydrogen) atoms. The fourth-order valence-electron chi connectivity index (χ4n) is 5.61. The van der Waals surface area contributed by atoms with E-state index in [0.29, 0.717) is 31.2 Å². The first-order valence-electron chi connectivity index (χ1n) is 13.1. The van der Waals surface area contributed by atoms with Crippen LogP contribution in [0, 0.1) is 12.8 Å². The third kappa shape index (κ3) is 5.37. The number of nitrogens with zero attached hydrogens (tertiary/aromatic N) is 2. The van der Waals surface area contributed by atoms with Crippen LogP contribution in [0.15, 0.2) is 83.7 Å². The van der Waals surface area contributed by atoms with E-state index in [4.69, 9.17) is 4.74 Å². The number of methoxy groups -OCH3 is 1. The van der Waals surface area contributed by atoms with Gasteiger partial charge in [0, 0.05) is 38.5 Å². The van der Waals surface area contributed by atoms with E-state index in [-0.39, 0.29) is 23.5 Å². The fraction of sp³-hybridized carbons (Fsp3) is 0.312. The van der Waals surface area contributed by atoms with Crippen molar-refractivity contribution in [2.75, 3.05) is 20.2 Å². The third-order valence-electron chi connectivity index (χ3n) is 7.60. The molecule has 4 aromatic rings. The topological polar surface area (TPSA) is 51.5 Å². The minimum absolute atomic E-state index is 0.179. The first-order chi connectivity index (χ1) is 18.0. The number of piperidine rings is 1. The van der Waals surface area contributed by atoms with Crippen molar-refractivity contribution in [1.29, 1.82) is 0 Å². The Hall–Kier alpha value is -3.70. The summed E-state index contributed by atoms with van der Waals surface area (Å²) in [7, 11) is 1.61. The SMILES string of the molecule is COCc1c(C(=O)N2CCC(Cc3ccccc3)CC2)c(=O)cc(C)n1Cc1cccc2ccccc12. The number of hydrogen-bond donors (Lipinski definition) is 0. The summed E-state index contributed by atoms with van der Waals surface area (Å²) in [5, 5.41) is 2.33. The van der Waals surface area contributed by atoms with Crippen molar-refractivity contribution in [3.63, 3.8) is 0 Å². The van der Waals surface area contributed by atoms with Gasteiger partial charge in [-0.2, -0.15) is 0 Å². The summed E-state index contributed by atoms with van der Waals surface area (Å²) in [6.45, 7) is 4.02. The quantitative estimate of drug-likeness (QED) is 0.336. The van der Waals surface area contributed by atoms with Crippen molar-refractivity contribution in [2.24, 2.45) is 5.92 Å². The summed E-state index contributed by atoms with van der Waals surface area (Å²) in [6.07, 6.45) is 2.91. The van der Waals surface area contributed by atoms with Crippen LogP contribution >= 0.6 is 0 Å². The highest BCUT2D eigenvalue weighted by Crippen LogP contribution is 2.25. The van der Waals surface area contributed by atoms with E-state index >= 15 is 0 Å². The van der Waals surface area contributed by atoms with Gasteiger partial charge in [-0.15, -0.1) is 0 Å². The van der Waals surface area contributed by atoms with Crippen LogP contribution in [-0.4, -0.2) is 35.6 Å². The average Bonchev–Trinajstić information content (AvgIpc) is 2.92. The molecule has 5 rings (SSSR count). The second-order valence-corrected chi connectivity index (χ2v) is 10.1. The number of aryl methyl sites for hydroxylation is 1. The predicted molar refractivity (Wildman–Crippen MR) is 148 cm³/mol. The summed E-state index contributed by atoms with van der Waals surface area (Å²) in [5.74, 6) is 0.368. The normalized spacial score (nSPS) is 14.3. The standard InChI is InChI=1S/C32H34N2O3/c1-23-19-30(35)31(32(36)33-17-15-25(16-18-33)20-24-9-4-3-5-10-24)29(22-37-2)34(23)21-27-13-8-12-26-11-6-7-14-28(26)27/h3-14,19,25H,15-18,20-22H2,1-2H3. The number of fused-ring (bicyclic) bond motifs is 1. The molecule has 0 bridgehead atoms. The molecule has 5 heteroatoms. The Morgan fingerprint density at radius 2 is 1.65 bits per heavy atom. The maximum Gasteiger partial charge on any atom is 0.259 e. The van der Waals surface area contributed by atoms with Gasteiger partial charge in [-0.25, -0.2) is 0 Å². The van der Waals surface area contributed by atoms with Gasteiger partial charge >= 0.3 is 0 Å². The molecule has 1 aliphatic rings. The Labute approximate surface area is 218 Å². The molecule has 190 valence electrons. The molecule has 2 heterocycles. The Bertz CT molecular complexity index is 1450. The zero-order chi connectivity index (χ0) is 25.8. The molecule has 0 aliphatic carbocycles. The number of likely N-dealkylation sites (tertiary alicyclic amines) is 1. The van der Waals surface area contributed by atoms with E-state index in [0.717, 1.165) is 30.5 Å². The van der Waals surface area contributed by atoms with Crippen LogP contribution in [0.1, 0.15) is 45.7 Å². The Kier molecular flexibility index (Phi) is 7.52. The molecule has 1 aromatic heterocycles. The van der Waals surface area contributed by atoms with Crippen LogP contribution in [0.25, 0.3) is 10.8 Å². The lowest BCUT2D eigenvalue weighted by Crippen LogP contribution is -2.42. The number of hydrogen-bond acceptors (Lipinski definition) is 3. The second kappa shape index (κ2) is 11.1. The Morgan fingerprint density at radius 1 is 0.946 bits per heavy atom. The van der Waals surface area contributed by atoms with Gasteiger partial charge in [0.2, 0.25) is 0 Å². The number of rotatable bonds is 7. The largest absolute Gasteiger partial charge is 0.378 e. The molecule has 0 N–H and O–H groups in total. The number of carbonyl (C=O) groups is 1. The first-order valence-corrected chi connectivity index (χ1v) is 13.1. The van der Waals surface area contributed by atoms with Crippen LogP contribution in [-0.2, 0) is 24.3 Å². The predicted octanol–water partition coefficient (Wildman–Crippen LogP) is 5.60. The van der Waals surface area contributed by atoms with Gasteiger partial charge in [0.15, 0.2) is 5.43 Å². The maximum atomic E-state index is 13.8. The molecule has 5 nitrogen and oxygen atoms in total. The van der Waals surface area contributed by atoms with Gasteiger partial charge in [0.05, 0.1) is 12.3 Å². The summed E-state index contributed by atoms with van der Waals surface area (Å²) < 4.78 is 7.61. The maximum absolute atomic E-state index is 13.8. The fourth-order valence-corrected chi connectivity index (χ4v) is 5.61. The second-order valence-electron chi connectivity index (χ2n) is 10.1. The molecule has 1 fully saturated rings. The number of benzene rings is 3. The number of ether oxygens (including phenoxy) is 1. The van der Waals surface area contributed by atoms with Gasteiger partial charge in [0.25, 0.3) is 5.91 Å². The molecule has 0 spiro atoms. The van der Waals surface area contributed by atoms with Crippen LogP contribution < -0.4 is 5.43 Å². The lowest BCUT2D eigenvalue weighted by Gasteiger charge is -2.33. The minimum Gasteiger partial charge on any atom is -0.378 e. The van der Waals surface area contributed by atoms with Crippen molar-refractivity contribution < 1.29 is 9.53 Å². The Balaban J connectivity index is 1.42. The summed E-state index contributed by atoms with van der Waals surface area (Å²) in [6, 6.07) is 26.7. The molecule has 1 saturated heterocycles. The van der Waals surface area contributed by atoms with Gasteiger partial charge in [-0.05, 0) is 54.0 Å². The van der Waals surface area contributed by atoms with E-state index in [1.807, 2.05) is 30.0 Å². The zero-order valence-electron chi connectivity index (χ0n) is 21.7. The summed E-state index contributed by atoms with van der Waals surface area (Å²) in [5.41, 5.74) is 3.97. The van der Waals surface area contributed by atoms with E-state index < -0.39 is 0 Å². The van der Waals surface area contributed by atoms with Gasteiger partial charge in [-0.3, -0.25) is 9.59 Å². The minimum atomic E-state index is -0.227. The number of pyridine rings is 1. The Morgan fingerprint density at radius 3 is 2.41 bits per heavy atom. The van der Waals surface area contributed by atoms with E-state index in [2.05, 4.69) is 59.2 Å². The molecule has 0 saturated carbocycles. The monoisotopic (exact) mass is 494 g/mol. The van der Waals surface area contributed by atoms with Gasteiger partial charge < -0.3 is 14.2 Å². The zero-order valence-corrected chi connectivity index (χ0v) is 21.7. The molecule has 0 atom stereocenters. The van der Waals surface area contributed by atoms with Crippen LogP contribution in [0.5, 0.6) is 0 Å². The van der Waals surface area contributed by atoms with Crippen LogP contribution in [0.4, 0.5) is 0 Å². The molecule has 1 aliphatic heterocycles. The molecular weight excluding hydrogens is 460 g/mol. The number of carbonyl (C=O) groups excluding carboxylic acids is 1. The van der Waals surface area contributed by atoms with Crippen molar-refractivity contribution in [3.8, 4) is 0 Å². The highest BCUT2D eigenvalue weighted by molar-refractivity contribution is 5.95. The summed E-state index contributed by atoms with van der Waals surface area (Å²) in [4.78, 5) is 28.8. The highest BCUT2D eigenvalue weighted by atomic mass is 16.5. The van der Waals surface area contributed by atoms with Gasteiger partial charge in [0.1, 0.15) is 5.56 Å². The molecule has 1 amide bonds. The van der Waals surface area contributed by atoms with Crippen molar-refractivity contribution in [2.45, 2.75) is 39.3 Å². The van der Waals surface area contributed by atoms with Crippen LogP contribution in [0.3, 0.4) is 0 Å². The van der Waals surface area contributed by atoms with E-state index in [1.165, 1.54) is 16.3 Å². The lowest BCUT2D eigenvalue weighted by atomic mass is 9.90. The third-order valence-corrected chi connectivity index (χ3v) is 7.60. The average molecular weight is 495 g/mol. The smallest absolute Gasteiger partial charge is 0.259 e. The van der Waals surface area contributed by atoms with Crippen molar-refractivity contribution in [3.05, 3.63) is 117 Å². The van der Waals surface area contributed by atoms with Gasteiger partial charge in [-0.1, -0.05) is 72.8 Å². The molecule has 0 unspecified atom stereocenters. The highest BCUT2D eigenvalue weighted by Gasteiger charge is 2.28. The van der Waals surface area contributed by atoms with Crippen LogP contribution in [0.2, 0.25) is 0 Å². The van der Waals surface area contributed by atoms with Crippen molar-refractivity contribution in [1.82, 2.24) is 9.47 Å². The van der Waals surface area contributed by atoms with E-state index in [9.17, 15) is 9.59 Å². The van der Waals surface area contributed by atoms with Crippen molar-refractivity contribution >= 4 is 16.7 Å². The first kappa shape index (κ1) is 25.0. The van der Waals surface area contributed by atoms with E-state index in [1.54, 1.807) is 13.2 Å².